The molecule has 2 amide bonds. The van der Waals surface area contributed by atoms with E-state index >= 15 is 0 Å². The van der Waals surface area contributed by atoms with E-state index < -0.39 is 0 Å². The topological polar surface area (TPSA) is 75.6 Å². The van der Waals surface area contributed by atoms with Crippen LogP contribution in [0.3, 0.4) is 0 Å². The van der Waals surface area contributed by atoms with Gasteiger partial charge < -0.3 is 14.5 Å². The molecular weight excluding hydrogens is 411 g/mol. The maximum atomic E-state index is 13.0. The van der Waals surface area contributed by atoms with E-state index in [-0.39, 0.29) is 23.5 Å². The molecule has 0 spiro atoms. The number of ether oxygens (including phenoxy) is 1. The van der Waals surface area contributed by atoms with E-state index in [4.69, 9.17) is 4.74 Å². The van der Waals surface area contributed by atoms with Gasteiger partial charge in [-0.2, -0.15) is 0 Å². The van der Waals surface area contributed by atoms with E-state index in [9.17, 15) is 14.0 Å². The molecule has 3 heterocycles. The molecule has 7 nitrogen and oxygen atoms in total. The Balaban J connectivity index is 1.29. The number of rotatable bonds is 5. The summed E-state index contributed by atoms with van der Waals surface area (Å²) in [4.78, 5) is 38.1. The summed E-state index contributed by atoms with van der Waals surface area (Å²) in [6, 6.07) is 6.30. The Hall–Kier alpha value is -2.87. The van der Waals surface area contributed by atoms with E-state index in [0.717, 1.165) is 24.2 Å². The average molecular weight is 441 g/mol. The molecule has 1 aromatic heterocycles. The fourth-order valence-corrected chi connectivity index (χ4v) is 4.28. The summed E-state index contributed by atoms with van der Waals surface area (Å²) in [6.07, 6.45) is 4.29. The second kappa shape index (κ2) is 10.2. The van der Waals surface area contributed by atoms with Crippen molar-refractivity contribution in [2.24, 2.45) is 0 Å². The van der Waals surface area contributed by atoms with Crippen LogP contribution < -0.4 is 0 Å². The summed E-state index contributed by atoms with van der Waals surface area (Å²) in [5.74, 6) is 0.746. The summed E-state index contributed by atoms with van der Waals surface area (Å²) in [5.41, 5.74) is 2.21. The van der Waals surface area contributed by atoms with Crippen molar-refractivity contribution in [2.75, 3.05) is 39.4 Å². The van der Waals surface area contributed by atoms with Crippen molar-refractivity contribution in [3.63, 3.8) is 0 Å². The molecule has 0 bridgehead atoms. The number of likely N-dealkylation sites (tertiary alicyclic amines) is 1. The molecule has 2 aromatic rings. The molecule has 0 aliphatic carbocycles. The van der Waals surface area contributed by atoms with Crippen LogP contribution in [-0.2, 0) is 16.0 Å². The summed E-state index contributed by atoms with van der Waals surface area (Å²) in [7, 11) is 0. The number of piperidine rings is 1. The number of nitrogens with zero attached hydrogens (tertiary/aromatic N) is 4. The lowest BCUT2D eigenvalue weighted by molar-refractivity contribution is -0.132. The van der Waals surface area contributed by atoms with E-state index in [2.05, 4.69) is 9.97 Å². The summed E-state index contributed by atoms with van der Waals surface area (Å²) >= 11 is 0. The average Bonchev–Trinajstić information content (AvgIpc) is 2.83. The predicted octanol–water partition coefficient (Wildman–Crippen LogP) is 2.74. The van der Waals surface area contributed by atoms with Crippen molar-refractivity contribution >= 4 is 11.8 Å². The number of morpholine rings is 1. The smallest absolute Gasteiger partial charge is 0.257 e. The van der Waals surface area contributed by atoms with Gasteiger partial charge in [-0.3, -0.25) is 9.59 Å². The number of aromatic nitrogens is 2. The van der Waals surface area contributed by atoms with Crippen LogP contribution in [0.5, 0.6) is 0 Å². The number of carbonyl (C=O) groups excluding carboxylic acids is 2. The van der Waals surface area contributed by atoms with Gasteiger partial charge in [-0.25, -0.2) is 14.4 Å². The van der Waals surface area contributed by atoms with Crippen molar-refractivity contribution in [1.29, 1.82) is 0 Å². The van der Waals surface area contributed by atoms with Crippen LogP contribution in [0, 0.1) is 12.7 Å². The van der Waals surface area contributed by atoms with E-state index in [1.54, 1.807) is 23.2 Å². The lowest BCUT2D eigenvalue weighted by Gasteiger charge is -2.31. The zero-order valence-electron chi connectivity index (χ0n) is 18.4. The molecule has 0 atom stereocenters. The van der Waals surface area contributed by atoms with Gasteiger partial charge in [0.1, 0.15) is 11.6 Å². The summed E-state index contributed by atoms with van der Waals surface area (Å²) in [6.45, 7) is 5.50. The van der Waals surface area contributed by atoms with Gasteiger partial charge in [0.25, 0.3) is 5.91 Å². The quantitative estimate of drug-likeness (QED) is 0.715. The number of benzene rings is 1. The molecule has 0 unspecified atom stereocenters. The lowest BCUT2D eigenvalue weighted by atomic mass is 9.95. The van der Waals surface area contributed by atoms with Crippen molar-refractivity contribution in [1.82, 2.24) is 19.8 Å². The Labute approximate surface area is 187 Å². The van der Waals surface area contributed by atoms with Crippen LogP contribution in [0.15, 0.2) is 30.5 Å². The third kappa shape index (κ3) is 5.30. The highest BCUT2D eigenvalue weighted by molar-refractivity contribution is 5.95. The number of aryl methyl sites for hydroxylation is 2. The fraction of sp³-hybridized carbons (Fsp3) is 0.500. The first-order chi connectivity index (χ1) is 15.5. The normalized spacial score (nSPS) is 17.4. The zero-order valence-corrected chi connectivity index (χ0v) is 18.4. The molecule has 2 aliphatic rings. The SMILES string of the molecule is Cc1nc(C2CCN(C(=O)CCc3ccc(F)cc3)CC2)ncc1C(=O)N1CCOCC1. The van der Waals surface area contributed by atoms with Gasteiger partial charge in [0.2, 0.25) is 5.91 Å². The van der Waals surface area contributed by atoms with Crippen LogP contribution in [0.1, 0.15) is 52.6 Å². The molecule has 4 rings (SSSR count). The van der Waals surface area contributed by atoms with Crippen LogP contribution in [0.4, 0.5) is 4.39 Å². The molecular formula is C24H29FN4O3. The maximum Gasteiger partial charge on any atom is 0.257 e. The minimum Gasteiger partial charge on any atom is -0.378 e. The van der Waals surface area contributed by atoms with Crippen LogP contribution >= 0.6 is 0 Å². The molecule has 2 aliphatic heterocycles. The second-order valence-electron chi connectivity index (χ2n) is 8.41. The first kappa shape index (κ1) is 22.3. The highest BCUT2D eigenvalue weighted by Gasteiger charge is 2.27. The molecule has 2 fully saturated rings. The van der Waals surface area contributed by atoms with Crippen molar-refractivity contribution < 1.29 is 18.7 Å². The monoisotopic (exact) mass is 440 g/mol. The third-order valence-electron chi connectivity index (χ3n) is 6.28. The number of hydrogen-bond acceptors (Lipinski definition) is 5. The number of carbonyl (C=O) groups is 2. The van der Waals surface area contributed by atoms with E-state index in [0.29, 0.717) is 63.5 Å². The first-order valence-corrected chi connectivity index (χ1v) is 11.2. The van der Waals surface area contributed by atoms with Gasteiger partial charge >= 0.3 is 0 Å². The largest absolute Gasteiger partial charge is 0.378 e. The predicted molar refractivity (Wildman–Crippen MR) is 117 cm³/mol. The highest BCUT2D eigenvalue weighted by atomic mass is 19.1. The van der Waals surface area contributed by atoms with Gasteiger partial charge in [0.05, 0.1) is 24.5 Å². The van der Waals surface area contributed by atoms with Crippen molar-refractivity contribution in [3.8, 4) is 0 Å². The lowest BCUT2D eigenvalue weighted by Crippen LogP contribution is -2.41. The van der Waals surface area contributed by atoms with Crippen molar-refractivity contribution in [2.45, 2.75) is 38.5 Å². The highest BCUT2D eigenvalue weighted by Crippen LogP contribution is 2.26. The standard InChI is InChI=1S/C24H29FN4O3/c1-17-21(24(31)29-12-14-32-15-13-29)16-26-23(27-17)19-8-10-28(11-9-19)22(30)7-4-18-2-5-20(25)6-3-18/h2-3,5-6,16,19H,4,7-15H2,1H3. The number of amides is 2. The van der Waals surface area contributed by atoms with Gasteiger partial charge in [-0.05, 0) is 43.9 Å². The Morgan fingerprint density at radius 1 is 1.06 bits per heavy atom. The number of halogens is 1. The summed E-state index contributed by atoms with van der Waals surface area (Å²) in [5, 5.41) is 0. The molecule has 0 saturated carbocycles. The fourth-order valence-electron chi connectivity index (χ4n) is 4.28. The third-order valence-corrected chi connectivity index (χ3v) is 6.28. The first-order valence-electron chi connectivity index (χ1n) is 11.2. The molecule has 0 radical (unpaired) electrons. The van der Waals surface area contributed by atoms with Crippen LogP contribution in [0.2, 0.25) is 0 Å². The molecule has 170 valence electrons. The van der Waals surface area contributed by atoms with Crippen LogP contribution in [0.25, 0.3) is 0 Å². The van der Waals surface area contributed by atoms with Gasteiger partial charge in [-0.15, -0.1) is 0 Å². The van der Waals surface area contributed by atoms with E-state index in [1.807, 2.05) is 11.8 Å². The maximum absolute atomic E-state index is 13.0. The Morgan fingerprint density at radius 3 is 2.41 bits per heavy atom. The van der Waals surface area contributed by atoms with Crippen LogP contribution in [-0.4, -0.2) is 71.0 Å². The zero-order chi connectivity index (χ0) is 22.5. The van der Waals surface area contributed by atoms with Gasteiger partial charge in [-0.1, -0.05) is 12.1 Å². The van der Waals surface area contributed by atoms with E-state index in [1.165, 1.54) is 12.1 Å². The Bertz CT molecular complexity index is 952. The minimum absolute atomic E-state index is 0.0427. The van der Waals surface area contributed by atoms with Gasteiger partial charge in [0.15, 0.2) is 0 Å². The second-order valence-corrected chi connectivity index (χ2v) is 8.41. The number of hydrogen-bond donors (Lipinski definition) is 0. The summed E-state index contributed by atoms with van der Waals surface area (Å²) < 4.78 is 18.3. The molecule has 1 aromatic carbocycles. The molecule has 0 N–H and O–H groups in total. The Kier molecular flexibility index (Phi) is 7.09. The molecule has 2 saturated heterocycles. The Morgan fingerprint density at radius 2 is 1.75 bits per heavy atom. The minimum atomic E-state index is -0.266. The van der Waals surface area contributed by atoms with Crippen molar-refractivity contribution in [3.05, 3.63) is 58.9 Å². The van der Waals surface area contributed by atoms with Gasteiger partial charge in [0, 0.05) is 44.7 Å². The molecule has 32 heavy (non-hydrogen) atoms. The molecule has 8 heteroatoms.